The van der Waals surface area contributed by atoms with Crippen molar-refractivity contribution in [3.05, 3.63) is 59.7 Å². The van der Waals surface area contributed by atoms with Crippen molar-refractivity contribution in [2.45, 2.75) is 72.6 Å². The van der Waals surface area contributed by atoms with Gasteiger partial charge in [-0.1, -0.05) is 0 Å². The van der Waals surface area contributed by atoms with E-state index in [9.17, 15) is 13.2 Å². The van der Waals surface area contributed by atoms with Gasteiger partial charge in [0.15, 0.2) is 0 Å². The van der Waals surface area contributed by atoms with Crippen LogP contribution in [0.4, 0.5) is 13.2 Å². The number of hydrogen-bond acceptors (Lipinski definition) is 3. The molecule has 0 bridgehead atoms. The first kappa shape index (κ1) is 21.8. The minimum absolute atomic E-state index is 0.00910. The molecule has 2 aromatic rings. The Morgan fingerprint density at radius 2 is 1.73 bits per heavy atom. The van der Waals surface area contributed by atoms with Gasteiger partial charge in [0.2, 0.25) is 0 Å². The number of hydrogen-bond donors (Lipinski definition) is 0. The van der Waals surface area contributed by atoms with Gasteiger partial charge in [0.25, 0.3) is 0 Å². The van der Waals surface area contributed by atoms with Crippen molar-refractivity contribution in [3.8, 4) is 0 Å². The minimum atomic E-state index is -4.31. The average Bonchev–Trinajstić information content (AvgIpc) is 3.19. The zero-order valence-corrected chi connectivity index (χ0v) is 18.9. The van der Waals surface area contributed by atoms with Crippen LogP contribution in [-0.4, -0.2) is 37.9 Å². The fourth-order valence-corrected chi connectivity index (χ4v) is 7.79. The number of alkyl halides is 3. The van der Waals surface area contributed by atoms with Gasteiger partial charge < -0.3 is 0 Å². The number of pyridine rings is 2. The van der Waals surface area contributed by atoms with Crippen molar-refractivity contribution >= 4 is 15.8 Å². The molecule has 1 saturated heterocycles. The van der Waals surface area contributed by atoms with Gasteiger partial charge in [0.05, 0.1) is 0 Å². The van der Waals surface area contributed by atoms with E-state index in [0.717, 1.165) is 50.0 Å². The number of ether oxygens (including phenoxy) is 1. The first-order chi connectivity index (χ1) is 14.4. The Morgan fingerprint density at radius 3 is 2.47 bits per heavy atom. The Labute approximate surface area is 182 Å². The fraction of sp³-hybridized carbons (Fsp3) is 0.565. The molecule has 161 valence electrons. The summed E-state index contributed by atoms with van der Waals surface area (Å²) in [6, 6.07) is 5.33. The van der Waals surface area contributed by atoms with Gasteiger partial charge in [-0.2, -0.15) is 0 Å². The zero-order valence-electron chi connectivity index (χ0n) is 17.0. The molecule has 0 N–H and O–H groups in total. The molecule has 0 amide bonds. The molecule has 1 aliphatic heterocycles. The molecule has 1 saturated carbocycles. The number of rotatable bonds is 6. The second kappa shape index (κ2) is 9.00. The van der Waals surface area contributed by atoms with Crippen LogP contribution in [0.15, 0.2) is 43.0 Å². The van der Waals surface area contributed by atoms with Crippen LogP contribution < -0.4 is 0 Å². The van der Waals surface area contributed by atoms with Crippen LogP contribution in [0.2, 0.25) is 5.21 Å². The molecule has 1 atom stereocenters. The Morgan fingerprint density at radius 1 is 1.00 bits per heavy atom. The van der Waals surface area contributed by atoms with Crippen molar-refractivity contribution in [1.82, 2.24) is 9.97 Å². The van der Waals surface area contributed by atoms with Crippen LogP contribution in [-0.2, 0) is 21.5 Å². The molecule has 2 aromatic heterocycles. The summed E-state index contributed by atoms with van der Waals surface area (Å²) in [5.41, 5.74) is 1.15. The normalized spacial score (nSPS) is 24.1. The summed E-state index contributed by atoms with van der Waals surface area (Å²) in [6.07, 6.45) is 9.70. The van der Waals surface area contributed by atoms with Crippen LogP contribution in [0.25, 0.3) is 0 Å². The monoisotopic (exact) mass is 479 g/mol. The fourth-order valence-electron chi connectivity index (χ4n) is 5.19. The van der Waals surface area contributed by atoms with E-state index >= 15 is 0 Å². The molecule has 4 rings (SSSR count). The Bertz CT molecular complexity index is 840. The molecule has 1 spiro atoms. The zero-order chi connectivity index (χ0) is 21.1. The summed E-state index contributed by atoms with van der Waals surface area (Å²) in [6.45, 7) is 0.764. The standard InChI is InChI=1S/C23H27AsF3N2O/c25-23(26,27)20-5-13-29-16-18(20)15-24-10-8-21(19-3-11-28-12-4-19)9-14-30-22(17-21)6-1-2-7-22/h3-5,11-13,16H,1-2,6-10,14-15,17H2/t21-/m1/s1. The topological polar surface area (TPSA) is 35.0 Å². The summed E-state index contributed by atoms with van der Waals surface area (Å²) in [5.74, 6) is 0. The van der Waals surface area contributed by atoms with Crippen molar-refractivity contribution < 1.29 is 17.9 Å². The molecule has 3 nitrogen and oxygen atoms in total. The third-order valence-corrected chi connectivity index (χ3v) is 9.01. The van der Waals surface area contributed by atoms with Gasteiger partial charge in [-0.3, -0.25) is 0 Å². The van der Waals surface area contributed by atoms with Gasteiger partial charge >= 0.3 is 182 Å². The third kappa shape index (κ3) is 4.75. The van der Waals surface area contributed by atoms with Crippen LogP contribution in [0.3, 0.4) is 0 Å². The van der Waals surface area contributed by atoms with Crippen LogP contribution >= 0.6 is 0 Å². The Kier molecular flexibility index (Phi) is 6.55. The third-order valence-electron chi connectivity index (χ3n) is 6.70. The van der Waals surface area contributed by atoms with E-state index in [4.69, 9.17) is 4.74 Å². The number of halogens is 3. The first-order valence-corrected chi connectivity index (χ1v) is 13.3. The Balaban J connectivity index is 1.47. The molecular formula is C23H27AsF3N2O. The van der Waals surface area contributed by atoms with E-state index in [1.54, 1.807) is 0 Å². The molecule has 3 heterocycles. The number of aromatic nitrogens is 2. The summed E-state index contributed by atoms with van der Waals surface area (Å²) in [4.78, 5) is 8.12. The van der Waals surface area contributed by atoms with Crippen molar-refractivity contribution in [2.24, 2.45) is 0 Å². The van der Waals surface area contributed by atoms with Gasteiger partial charge in [-0.05, 0) is 0 Å². The van der Waals surface area contributed by atoms with Crippen LogP contribution in [0.5, 0.6) is 0 Å². The second-order valence-electron chi connectivity index (χ2n) is 8.57. The summed E-state index contributed by atoms with van der Waals surface area (Å²) in [5, 5.41) is 1.47. The van der Waals surface area contributed by atoms with Gasteiger partial charge in [0.1, 0.15) is 0 Å². The van der Waals surface area contributed by atoms with E-state index in [-0.39, 0.29) is 26.8 Å². The molecule has 0 unspecified atom stereocenters. The van der Waals surface area contributed by atoms with E-state index in [2.05, 4.69) is 22.1 Å². The van der Waals surface area contributed by atoms with E-state index in [1.807, 2.05) is 12.4 Å². The maximum absolute atomic E-state index is 13.3. The average molecular weight is 479 g/mol. The maximum atomic E-state index is 13.3. The van der Waals surface area contributed by atoms with Crippen molar-refractivity contribution in [2.75, 3.05) is 6.61 Å². The predicted octanol–water partition coefficient (Wildman–Crippen LogP) is 5.57. The molecule has 2 fully saturated rings. The van der Waals surface area contributed by atoms with E-state index < -0.39 is 11.7 Å². The molecule has 0 aromatic carbocycles. The quantitative estimate of drug-likeness (QED) is 0.402. The molecule has 1 aliphatic carbocycles. The molecular weight excluding hydrogens is 452 g/mol. The second-order valence-corrected chi connectivity index (χ2v) is 11.1. The molecule has 30 heavy (non-hydrogen) atoms. The van der Waals surface area contributed by atoms with Gasteiger partial charge in [-0.15, -0.1) is 0 Å². The van der Waals surface area contributed by atoms with E-state index in [1.165, 1.54) is 30.8 Å². The van der Waals surface area contributed by atoms with Crippen LogP contribution in [0.1, 0.15) is 61.6 Å². The number of nitrogens with zero attached hydrogens (tertiary/aromatic N) is 2. The summed E-state index contributed by atoms with van der Waals surface area (Å²) < 4.78 is 46.1. The molecule has 2 aliphatic rings. The van der Waals surface area contributed by atoms with Gasteiger partial charge in [-0.25, -0.2) is 0 Å². The van der Waals surface area contributed by atoms with Crippen LogP contribution in [0, 0.1) is 0 Å². The van der Waals surface area contributed by atoms with Crippen molar-refractivity contribution in [3.63, 3.8) is 0 Å². The summed E-state index contributed by atoms with van der Waals surface area (Å²) in [7, 11) is 0. The SMILES string of the molecule is FC(F)(F)c1ccncc1C[As]CC[C@@]1(c2ccncc2)CCOC2(CCCC2)C1. The predicted molar refractivity (Wildman–Crippen MR) is 110 cm³/mol. The van der Waals surface area contributed by atoms with Gasteiger partial charge in [0, 0.05) is 0 Å². The Hall–Kier alpha value is -1.39. The van der Waals surface area contributed by atoms with E-state index in [0.29, 0.717) is 10.8 Å². The molecule has 1 radical (unpaired) electrons. The first-order valence-electron chi connectivity index (χ1n) is 10.6. The molecule has 7 heteroatoms. The summed E-state index contributed by atoms with van der Waals surface area (Å²) >= 11 is -0.228. The van der Waals surface area contributed by atoms with Crippen molar-refractivity contribution in [1.29, 1.82) is 0 Å².